The summed E-state index contributed by atoms with van der Waals surface area (Å²) in [4.78, 5) is 9.74. The molecule has 0 atom stereocenters. The Bertz CT molecular complexity index is 966. The molecular weight excluding hydrogens is 398 g/mol. The van der Waals surface area contributed by atoms with Crippen LogP contribution in [0.4, 0.5) is 5.69 Å². The lowest BCUT2D eigenvalue weighted by molar-refractivity contribution is 0.247. The number of hydrogen-bond acceptors (Lipinski definition) is 7. The van der Waals surface area contributed by atoms with E-state index in [4.69, 9.17) is 19.2 Å². The Kier molecular flexibility index (Phi) is 6.40. The van der Waals surface area contributed by atoms with Crippen molar-refractivity contribution < 1.29 is 14.2 Å². The monoisotopic (exact) mass is 425 g/mol. The van der Waals surface area contributed by atoms with E-state index < -0.39 is 0 Å². The van der Waals surface area contributed by atoms with Gasteiger partial charge in [0.05, 0.1) is 27.0 Å². The van der Waals surface area contributed by atoms with E-state index >= 15 is 0 Å². The Morgan fingerprint density at radius 3 is 2.27 bits per heavy atom. The van der Waals surface area contributed by atoms with Gasteiger partial charge < -0.3 is 19.1 Å². The number of rotatable bonds is 7. The summed E-state index contributed by atoms with van der Waals surface area (Å²) in [6.45, 7) is 4.95. The van der Waals surface area contributed by atoms with E-state index in [0.717, 1.165) is 66.2 Å². The van der Waals surface area contributed by atoms with Gasteiger partial charge in [-0.25, -0.2) is 4.98 Å². The number of hydrogen-bond donors (Lipinski definition) is 0. The van der Waals surface area contributed by atoms with Crippen LogP contribution in [0.5, 0.6) is 17.2 Å². The Hall–Kier alpha value is -2.77. The fourth-order valence-corrected chi connectivity index (χ4v) is 4.48. The molecule has 1 fully saturated rings. The standard InChI is InChI=1S/C23H27N3O3S/c1-27-20-7-5-19(6-8-20)26-12-10-25(11-13-26)15-18-16-30-23(24-18)17-4-9-21(28-2)22(14-17)29-3/h4-9,14,16H,10-13,15H2,1-3H3. The Balaban J connectivity index is 1.35. The highest BCUT2D eigenvalue weighted by atomic mass is 32.1. The van der Waals surface area contributed by atoms with Gasteiger partial charge in [0.25, 0.3) is 0 Å². The molecule has 30 heavy (non-hydrogen) atoms. The summed E-state index contributed by atoms with van der Waals surface area (Å²) in [5.41, 5.74) is 3.41. The van der Waals surface area contributed by atoms with Gasteiger partial charge in [-0.3, -0.25) is 4.90 Å². The van der Waals surface area contributed by atoms with Crippen molar-refractivity contribution >= 4 is 17.0 Å². The number of methoxy groups -OCH3 is 3. The zero-order chi connectivity index (χ0) is 20.9. The molecular formula is C23H27N3O3S. The van der Waals surface area contributed by atoms with Crippen LogP contribution in [0.3, 0.4) is 0 Å². The molecule has 4 rings (SSSR count). The molecule has 3 aromatic rings. The highest BCUT2D eigenvalue weighted by Crippen LogP contribution is 2.33. The Morgan fingerprint density at radius 2 is 1.60 bits per heavy atom. The van der Waals surface area contributed by atoms with E-state index in [1.165, 1.54) is 5.69 Å². The lowest BCUT2D eigenvalue weighted by Gasteiger charge is -2.35. The molecule has 2 heterocycles. The molecule has 0 amide bonds. The number of aromatic nitrogens is 1. The van der Waals surface area contributed by atoms with Crippen molar-refractivity contribution in [1.82, 2.24) is 9.88 Å². The van der Waals surface area contributed by atoms with Gasteiger partial charge in [-0.15, -0.1) is 11.3 Å². The van der Waals surface area contributed by atoms with Crippen molar-refractivity contribution in [2.45, 2.75) is 6.54 Å². The molecule has 0 N–H and O–H groups in total. The summed E-state index contributed by atoms with van der Waals surface area (Å²) < 4.78 is 16.0. The molecule has 2 aromatic carbocycles. The van der Waals surface area contributed by atoms with Gasteiger partial charge in [0.15, 0.2) is 11.5 Å². The van der Waals surface area contributed by atoms with Gasteiger partial charge in [0.1, 0.15) is 10.8 Å². The summed E-state index contributed by atoms with van der Waals surface area (Å²) in [6.07, 6.45) is 0. The number of anilines is 1. The highest BCUT2D eigenvalue weighted by molar-refractivity contribution is 7.13. The molecule has 0 unspecified atom stereocenters. The van der Waals surface area contributed by atoms with Crippen LogP contribution in [-0.2, 0) is 6.54 Å². The first-order valence-electron chi connectivity index (χ1n) is 9.98. The molecule has 1 aliphatic rings. The normalized spacial score (nSPS) is 14.6. The van der Waals surface area contributed by atoms with E-state index in [1.807, 2.05) is 30.3 Å². The van der Waals surface area contributed by atoms with Gasteiger partial charge >= 0.3 is 0 Å². The zero-order valence-corrected chi connectivity index (χ0v) is 18.4. The molecule has 0 bridgehead atoms. The van der Waals surface area contributed by atoms with E-state index in [0.29, 0.717) is 0 Å². The second kappa shape index (κ2) is 9.36. The van der Waals surface area contributed by atoms with Gasteiger partial charge in [-0.1, -0.05) is 0 Å². The molecule has 7 heteroatoms. The third kappa shape index (κ3) is 4.52. The summed E-state index contributed by atoms with van der Waals surface area (Å²) in [6, 6.07) is 14.2. The summed E-state index contributed by atoms with van der Waals surface area (Å²) in [5.74, 6) is 2.35. The molecule has 6 nitrogen and oxygen atoms in total. The fourth-order valence-electron chi connectivity index (χ4n) is 3.67. The van der Waals surface area contributed by atoms with Crippen LogP contribution < -0.4 is 19.1 Å². The van der Waals surface area contributed by atoms with E-state index in [1.54, 1.807) is 32.7 Å². The maximum absolute atomic E-state index is 5.42. The Morgan fingerprint density at radius 1 is 0.867 bits per heavy atom. The van der Waals surface area contributed by atoms with Crippen LogP contribution >= 0.6 is 11.3 Å². The Labute approximate surface area is 181 Å². The fraction of sp³-hybridized carbons (Fsp3) is 0.348. The number of benzene rings is 2. The minimum Gasteiger partial charge on any atom is -0.497 e. The number of thiazole rings is 1. The second-order valence-corrected chi connectivity index (χ2v) is 8.03. The molecule has 0 aliphatic carbocycles. The maximum Gasteiger partial charge on any atom is 0.161 e. The van der Waals surface area contributed by atoms with Crippen LogP contribution in [0, 0.1) is 0 Å². The van der Waals surface area contributed by atoms with Crippen molar-refractivity contribution in [3.8, 4) is 27.8 Å². The summed E-state index contributed by atoms with van der Waals surface area (Å²) in [5, 5.41) is 3.16. The molecule has 0 spiro atoms. The van der Waals surface area contributed by atoms with Crippen molar-refractivity contribution in [1.29, 1.82) is 0 Å². The van der Waals surface area contributed by atoms with Crippen molar-refractivity contribution in [3.63, 3.8) is 0 Å². The minimum absolute atomic E-state index is 0.724. The maximum atomic E-state index is 5.42. The first-order valence-corrected chi connectivity index (χ1v) is 10.9. The number of nitrogens with zero attached hydrogens (tertiary/aromatic N) is 3. The smallest absolute Gasteiger partial charge is 0.161 e. The van der Waals surface area contributed by atoms with Gasteiger partial charge in [-0.2, -0.15) is 0 Å². The average Bonchev–Trinajstić information content (AvgIpc) is 3.27. The third-order valence-electron chi connectivity index (χ3n) is 5.38. The average molecular weight is 426 g/mol. The minimum atomic E-state index is 0.724. The first kappa shape index (κ1) is 20.5. The molecule has 0 saturated carbocycles. The quantitative estimate of drug-likeness (QED) is 0.567. The summed E-state index contributed by atoms with van der Waals surface area (Å²) in [7, 11) is 5.00. The largest absolute Gasteiger partial charge is 0.497 e. The number of ether oxygens (including phenoxy) is 3. The van der Waals surface area contributed by atoms with Crippen LogP contribution in [0.25, 0.3) is 10.6 Å². The van der Waals surface area contributed by atoms with Crippen molar-refractivity contribution in [2.75, 3.05) is 52.4 Å². The highest BCUT2D eigenvalue weighted by Gasteiger charge is 2.19. The molecule has 1 aromatic heterocycles. The van der Waals surface area contributed by atoms with Gasteiger partial charge in [0.2, 0.25) is 0 Å². The lowest BCUT2D eigenvalue weighted by atomic mass is 10.2. The second-order valence-electron chi connectivity index (χ2n) is 7.17. The predicted octanol–water partition coefficient (Wildman–Crippen LogP) is 4.16. The van der Waals surface area contributed by atoms with Crippen molar-refractivity contribution in [3.05, 3.63) is 53.5 Å². The van der Waals surface area contributed by atoms with Gasteiger partial charge in [0, 0.05) is 49.4 Å². The molecule has 1 aliphatic heterocycles. The van der Waals surface area contributed by atoms with Crippen molar-refractivity contribution in [2.24, 2.45) is 0 Å². The number of piperazine rings is 1. The summed E-state index contributed by atoms with van der Waals surface area (Å²) >= 11 is 1.67. The molecule has 1 saturated heterocycles. The first-order chi connectivity index (χ1) is 14.7. The van der Waals surface area contributed by atoms with Crippen LogP contribution in [0.15, 0.2) is 47.8 Å². The molecule has 158 valence electrons. The van der Waals surface area contributed by atoms with Crippen LogP contribution in [0.1, 0.15) is 5.69 Å². The van der Waals surface area contributed by atoms with E-state index in [2.05, 4.69) is 27.3 Å². The van der Waals surface area contributed by atoms with E-state index in [-0.39, 0.29) is 0 Å². The SMILES string of the molecule is COc1ccc(N2CCN(Cc3csc(-c4ccc(OC)c(OC)c4)n3)CC2)cc1. The molecule has 0 radical (unpaired) electrons. The predicted molar refractivity (Wildman–Crippen MR) is 121 cm³/mol. The van der Waals surface area contributed by atoms with E-state index in [9.17, 15) is 0 Å². The lowest BCUT2D eigenvalue weighted by Crippen LogP contribution is -2.46. The van der Waals surface area contributed by atoms with Gasteiger partial charge in [-0.05, 0) is 42.5 Å². The topological polar surface area (TPSA) is 47.1 Å². The third-order valence-corrected chi connectivity index (χ3v) is 6.32. The van der Waals surface area contributed by atoms with Crippen LogP contribution in [0.2, 0.25) is 0 Å². The van der Waals surface area contributed by atoms with Crippen LogP contribution in [-0.4, -0.2) is 57.4 Å². The zero-order valence-electron chi connectivity index (χ0n) is 17.6.